The second-order valence-electron chi connectivity index (χ2n) is 4.49. The molecule has 2 rings (SSSR count). The van der Waals surface area contributed by atoms with Crippen LogP contribution >= 0.6 is 0 Å². The molecule has 0 atom stereocenters. The SMILES string of the molecule is Nc1ccc(S(=O)(=O)N(CCO)C2CCC2)cc1. The quantitative estimate of drug-likeness (QED) is 0.775. The molecular formula is C12H18N2O3S. The molecule has 0 amide bonds. The highest BCUT2D eigenvalue weighted by Gasteiger charge is 2.34. The summed E-state index contributed by atoms with van der Waals surface area (Å²) < 4.78 is 26.3. The Hall–Kier alpha value is -1.11. The van der Waals surface area contributed by atoms with Gasteiger partial charge in [-0.2, -0.15) is 4.31 Å². The van der Waals surface area contributed by atoms with Crippen molar-refractivity contribution in [1.29, 1.82) is 0 Å². The molecule has 0 bridgehead atoms. The number of sulfonamides is 1. The van der Waals surface area contributed by atoms with Crippen LogP contribution in [-0.4, -0.2) is 37.0 Å². The Balaban J connectivity index is 2.29. The highest BCUT2D eigenvalue weighted by Crippen LogP contribution is 2.29. The summed E-state index contributed by atoms with van der Waals surface area (Å²) >= 11 is 0. The number of benzene rings is 1. The number of aliphatic hydroxyl groups excluding tert-OH is 1. The molecule has 0 spiro atoms. The number of hydrogen-bond acceptors (Lipinski definition) is 4. The third-order valence-electron chi connectivity index (χ3n) is 3.29. The van der Waals surface area contributed by atoms with E-state index in [0.717, 1.165) is 19.3 Å². The van der Waals surface area contributed by atoms with E-state index in [1.54, 1.807) is 12.1 Å². The van der Waals surface area contributed by atoms with Gasteiger partial charge in [-0.15, -0.1) is 0 Å². The first-order valence-corrected chi connectivity index (χ1v) is 7.48. The van der Waals surface area contributed by atoms with Gasteiger partial charge in [-0.1, -0.05) is 6.42 Å². The van der Waals surface area contributed by atoms with Crippen LogP contribution < -0.4 is 5.73 Å². The molecular weight excluding hydrogens is 252 g/mol. The first-order chi connectivity index (χ1) is 8.55. The molecule has 0 unspecified atom stereocenters. The molecule has 0 radical (unpaired) electrons. The summed E-state index contributed by atoms with van der Waals surface area (Å²) in [6, 6.07) is 6.19. The Morgan fingerprint density at radius 3 is 2.33 bits per heavy atom. The molecule has 1 aliphatic rings. The van der Waals surface area contributed by atoms with Gasteiger partial charge in [-0.3, -0.25) is 0 Å². The highest BCUT2D eigenvalue weighted by molar-refractivity contribution is 7.89. The third kappa shape index (κ3) is 2.50. The molecule has 5 nitrogen and oxygen atoms in total. The van der Waals surface area contributed by atoms with Gasteiger partial charge in [0.2, 0.25) is 10.0 Å². The van der Waals surface area contributed by atoms with Crippen LogP contribution in [0, 0.1) is 0 Å². The van der Waals surface area contributed by atoms with Crippen molar-refractivity contribution in [2.45, 2.75) is 30.2 Å². The normalized spacial score (nSPS) is 16.8. The van der Waals surface area contributed by atoms with Crippen LogP contribution in [-0.2, 0) is 10.0 Å². The Morgan fingerprint density at radius 2 is 1.89 bits per heavy atom. The third-order valence-corrected chi connectivity index (χ3v) is 5.26. The minimum absolute atomic E-state index is 0.0275. The maximum absolute atomic E-state index is 12.4. The average molecular weight is 270 g/mol. The maximum Gasteiger partial charge on any atom is 0.243 e. The molecule has 6 heteroatoms. The van der Waals surface area contributed by atoms with Crippen LogP contribution in [0.4, 0.5) is 5.69 Å². The Morgan fingerprint density at radius 1 is 1.28 bits per heavy atom. The van der Waals surface area contributed by atoms with Gasteiger partial charge in [-0.25, -0.2) is 8.42 Å². The Labute approximate surface area is 107 Å². The van der Waals surface area contributed by atoms with Gasteiger partial charge in [0.25, 0.3) is 0 Å². The molecule has 0 aromatic heterocycles. The lowest BCUT2D eigenvalue weighted by Gasteiger charge is -2.36. The number of anilines is 1. The van der Waals surface area contributed by atoms with Gasteiger partial charge in [0.1, 0.15) is 0 Å². The van der Waals surface area contributed by atoms with Gasteiger partial charge in [0.15, 0.2) is 0 Å². The van der Waals surface area contributed by atoms with Crippen LogP contribution in [0.2, 0.25) is 0 Å². The van der Waals surface area contributed by atoms with Crippen LogP contribution in [0.25, 0.3) is 0 Å². The summed E-state index contributed by atoms with van der Waals surface area (Å²) in [7, 11) is -3.52. The zero-order valence-electron chi connectivity index (χ0n) is 10.1. The molecule has 1 saturated carbocycles. The average Bonchev–Trinajstić information content (AvgIpc) is 2.26. The lowest BCUT2D eigenvalue weighted by atomic mass is 9.93. The topological polar surface area (TPSA) is 83.6 Å². The standard InChI is InChI=1S/C12H18N2O3S/c13-10-4-6-12(7-5-10)18(16,17)14(8-9-15)11-2-1-3-11/h4-7,11,15H,1-3,8-9,13H2. The predicted molar refractivity (Wildman–Crippen MR) is 69.5 cm³/mol. The van der Waals surface area contributed by atoms with Crippen LogP contribution in [0.3, 0.4) is 0 Å². The number of nitrogens with two attached hydrogens (primary N) is 1. The van der Waals surface area contributed by atoms with Crippen LogP contribution in [0.1, 0.15) is 19.3 Å². The summed E-state index contributed by atoms with van der Waals surface area (Å²) in [6.07, 6.45) is 2.78. The van der Waals surface area contributed by atoms with E-state index in [0.29, 0.717) is 5.69 Å². The van der Waals surface area contributed by atoms with E-state index in [9.17, 15) is 8.42 Å². The molecule has 18 heavy (non-hydrogen) atoms. The molecule has 3 N–H and O–H groups in total. The highest BCUT2D eigenvalue weighted by atomic mass is 32.2. The van der Waals surface area contributed by atoms with E-state index in [4.69, 9.17) is 10.8 Å². The van der Waals surface area contributed by atoms with Gasteiger partial charge in [-0.05, 0) is 37.1 Å². The summed E-state index contributed by atoms with van der Waals surface area (Å²) in [6.45, 7) is -0.0118. The lowest BCUT2D eigenvalue weighted by Crippen LogP contribution is -2.45. The molecule has 0 aliphatic heterocycles. The number of nitrogen functional groups attached to an aromatic ring is 1. The maximum atomic E-state index is 12.4. The van der Waals surface area contributed by atoms with Crippen molar-refractivity contribution in [2.75, 3.05) is 18.9 Å². The Kier molecular flexibility index (Phi) is 3.89. The van der Waals surface area contributed by atoms with Gasteiger partial charge >= 0.3 is 0 Å². The molecule has 1 fully saturated rings. The van der Waals surface area contributed by atoms with Crippen LogP contribution in [0.15, 0.2) is 29.2 Å². The number of aliphatic hydroxyl groups is 1. The molecule has 1 aliphatic carbocycles. The van der Waals surface area contributed by atoms with E-state index in [2.05, 4.69) is 0 Å². The fourth-order valence-electron chi connectivity index (χ4n) is 2.05. The van der Waals surface area contributed by atoms with Gasteiger partial charge in [0, 0.05) is 18.3 Å². The van der Waals surface area contributed by atoms with E-state index < -0.39 is 10.0 Å². The van der Waals surface area contributed by atoms with Crippen molar-refractivity contribution in [3.63, 3.8) is 0 Å². The van der Waals surface area contributed by atoms with Crippen molar-refractivity contribution < 1.29 is 13.5 Å². The van der Waals surface area contributed by atoms with Crippen molar-refractivity contribution in [1.82, 2.24) is 4.31 Å². The number of rotatable bonds is 5. The van der Waals surface area contributed by atoms with Crippen molar-refractivity contribution in [3.8, 4) is 0 Å². The van der Waals surface area contributed by atoms with Gasteiger partial charge < -0.3 is 10.8 Å². The zero-order valence-corrected chi connectivity index (χ0v) is 10.9. The van der Waals surface area contributed by atoms with Gasteiger partial charge in [0.05, 0.1) is 11.5 Å². The molecule has 0 heterocycles. The van der Waals surface area contributed by atoms with Crippen molar-refractivity contribution in [2.24, 2.45) is 0 Å². The summed E-state index contributed by atoms with van der Waals surface area (Å²) in [5, 5.41) is 9.03. The fourth-order valence-corrected chi connectivity index (χ4v) is 3.72. The molecule has 100 valence electrons. The van der Waals surface area contributed by atoms with Crippen molar-refractivity contribution in [3.05, 3.63) is 24.3 Å². The first-order valence-electron chi connectivity index (χ1n) is 6.04. The molecule has 0 saturated heterocycles. The summed E-state index contributed by atoms with van der Waals surface area (Å²) in [4.78, 5) is 0.233. The molecule has 1 aromatic carbocycles. The minimum Gasteiger partial charge on any atom is -0.399 e. The van der Waals surface area contributed by atoms with E-state index in [1.165, 1.54) is 16.4 Å². The first kappa shape index (κ1) is 13.3. The van der Waals surface area contributed by atoms with Crippen molar-refractivity contribution >= 4 is 15.7 Å². The fraction of sp³-hybridized carbons (Fsp3) is 0.500. The number of hydrogen-bond donors (Lipinski definition) is 2. The summed E-state index contributed by atoms with van der Waals surface area (Å²) in [5.41, 5.74) is 6.09. The van der Waals surface area contributed by atoms with E-state index in [1.807, 2.05) is 0 Å². The van der Waals surface area contributed by atoms with E-state index >= 15 is 0 Å². The lowest BCUT2D eigenvalue weighted by molar-refractivity contribution is 0.178. The second kappa shape index (κ2) is 5.26. The Bertz CT molecular complexity index is 495. The monoisotopic (exact) mass is 270 g/mol. The minimum atomic E-state index is -3.52. The largest absolute Gasteiger partial charge is 0.399 e. The smallest absolute Gasteiger partial charge is 0.243 e. The predicted octanol–water partition coefficient (Wildman–Crippen LogP) is 0.804. The van der Waals surface area contributed by atoms with E-state index in [-0.39, 0.29) is 24.1 Å². The second-order valence-corrected chi connectivity index (χ2v) is 6.38. The summed E-state index contributed by atoms with van der Waals surface area (Å²) in [5.74, 6) is 0. The molecule has 1 aromatic rings. The van der Waals surface area contributed by atoms with Crippen LogP contribution in [0.5, 0.6) is 0 Å². The number of nitrogens with zero attached hydrogens (tertiary/aromatic N) is 1. The zero-order chi connectivity index (χ0) is 13.2.